The predicted molar refractivity (Wildman–Crippen MR) is 63.9 cm³/mol. The number of carboxylic acid groups (broad SMARTS) is 1. The lowest BCUT2D eigenvalue weighted by molar-refractivity contribution is -0.138. The zero-order valence-electron chi connectivity index (χ0n) is 10.1. The Hall–Kier alpha value is -1.65. The molecular formula is C13H15F2NO2. The number of carbonyl (C=O) groups is 1. The largest absolute Gasteiger partial charge is 0.481 e. The van der Waals surface area contributed by atoms with Crippen LogP contribution in [0.1, 0.15) is 31.2 Å². The first kappa shape index (κ1) is 12.8. The number of nitrogens with zero attached hydrogens (tertiary/aromatic N) is 1. The summed E-state index contributed by atoms with van der Waals surface area (Å²) >= 11 is 0. The Morgan fingerprint density at radius 1 is 1.28 bits per heavy atom. The van der Waals surface area contributed by atoms with E-state index in [0.29, 0.717) is 11.3 Å². The Morgan fingerprint density at radius 3 is 2.39 bits per heavy atom. The van der Waals surface area contributed by atoms with Gasteiger partial charge >= 0.3 is 5.97 Å². The quantitative estimate of drug-likeness (QED) is 0.902. The van der Waals surface area contributed by atoms with E-state index in [2.05, 4.69) is 0 Å². The lowest BCUT2D eigenvalue weighted by Crippen LogP contribution is -2.22. The molecule has 0 saturated carbocycles. The van der Waals surface area contributed by atoms with Crippen molar-refractivity contribution in [1.29, 1.82) is 0 Å². The maximum atomic E-state index is 13.3. The Balaban J connectivity index is 2.47. The minimum Gasteiger partial charge on any atom is -0.481 e. The average Bonchev–Trinajstić information content (AvgIpc) is 2.84. The molecule has 0 amide bonds. The van der Waals surface area contributed by atoms with E-state index in [9.17, 15) is 13.6 Å². The topological polar surface area (TPSA) is 40.5 Å². The second-order valence-electron chi connectivity index (χ2n) is 4.58. The average molecular weight is 255 g/mol. The molecule has 0 aromatic heterocycles. The summed E-state index contributed by atoms with van der Waals surface area (Å²) in [6, 6.07) is 2.11. The molecule has 1 fully saturated rings. The van der Waals surface area contributed by atoms with E-state index in [0.717, 1.165) is 38.1 Å². The Bertz CT molecular complexity index is 470. The minimum absolute atomic E-state index is 0.336. The molecule has 98 valence electrons. The van der Waals surface area contributed by atoms with Crippen LogP contribution < -0.4 is 4.90 Å². The fraction of sp³-hybridized carbons (Fsp3) is 0.462. The van der Waals surface area contributed by atoms with Gasteiger partial charge in [-0.15, -0.1) is 0 Å². The Kier molecular flexibility index (Phi) is 3.50. The molecule has 0 bridgehead atoms. The third kappa shape index (κ3) is 2.30. The summed E-state index contributed by atoms with van der Waals surface area (Å²) in [5.41, 5.74) is 0.838. The molecular weight excluding hydrogens is 240 g/mol. The van der Waals surface area contributed by atoms with Gasteiger partial charge in [0, 0.05) is 24.8 Å². The number of aliphatic carboxylic acids is 1. The van der Waals surface area contributed by atoms with Gasteiger partial charge in [-0.25, -0.2) is 8.78 Å². The van der Waals surface area contributed by atoms with Crippen LogP contribution in [0.4, 0.5) is 14.5 Å². The summed E-state index contributed by atoms with van der Waals surface area (Å²) in [4.78, 5) is 12.9. The van der Waals surface area contributed by atoms with Crippen LogP contribution in [-0.4, -0.2) is 24.2 Å². The summed E-state index contributed by atoms with van der Waals surface area (Å²) in [7, 11) is 0. The van der Waals surface area contributed by atoms with Gasteiger partial charge < -0.3 is 10.0 Å². The van der Waals surface area contributed by atoms with Crippen molar-refractivity contribution in [2.45, 2.75) is 25.7 Å². The molecule has 1 aliphatic rings. The molecule has 1 atom stereocenters. The van der Waals surface area contributed by atoms with Gasteiger partial charge in [0.25, 0.3) is 0 Å². The molecule has 1 saturated heterocycles. The number of rotatable bonds is 3. The second-order valence-corrected chi connectivity index (χ2v) is 4.58. The minimum atomic E-state index is -1.04. The third-order valence-electron chi connectivity index (χ3n) is 3.35. The zero-order valence-corrected chi connectivity index (χ0v) is 10.1. The van der Waals surface area contributed by atoms with E-state index < -0.39 is 23.5 Å². The fourth-order valence-corrected chi connectivity index (χ4v) is 2.26. The van der Waals surface area contributed by atoms with Crippen molar-refractivity contribution in [3.8, 4) is 0 Å². The molecule has 5 heteroatoms. The number of halogens is 2. The van der Waals surface area contributed by atoms with Crippen molar-refractivity contribution >= 4 is 11.7 Å². The number of hydrogen-bond donors (Lipinski definition) is 1. The van der Waals surface area contributed by atoms with Gasteiger partial charge in [-0.3, -0.25) is 4.79 Å². The van der Waals surface area contributed by atoms with Crippen molar-refractivity contribution in [1.82, 2.24) is 0 Å². The van der Waals surface area contributed by atoms with Gasteiger partial charge in [0.2, 0.25) is 0 Å². The first-order valence-electron chi connectivity index (χ1n) is 5.97. The van der Waals surface area contributed by atoms with Crippen LogP contribution >= 0.6 is 0 Å². The smallest absolute Gasteiger partial charge is 0.310 e. The van der Waals surface area contributed by atoms with Crippen LogP contribution in [-0.2, 0) is 4.79 Å². The van der Waals surface area contributed by atoms with Crippen LogP contribution in [0.25, 0.3) is 0 Å². The van der Waals surface area contributed by atoms with E-state index in [4.69, 9.17) is 5.11 Å². The van der Waals surface area contributed by atoms with Crippen molar-refractivity contribution in [2.24, 2.45) is 0 Å². The van der Waals surface area contributed by atoms with Crippen LogP contribution in [0.3, 0.4) is 0 Å². The van der Waals surface area contributed by atoms with Crippen LogP contribution in [0.5, 0.6) is 0 Å². The van der Waals surface area contributed by atoms with Gasteiger partial charge in [0.05, 0.1) is 5.92 Å². The van der Waals surface area contributed by atoms with Crippen molar-refractivity contribution in [3.63, 3.8) is 0 Å². The first-order chi connectivity index (χ1) is 8.50. The molecule has 3 nitrogen and oxygen atoms in total. The van der Waals surface area contributed by atoms with Crippen molar-refractivity contribution < 1.29 is 18.7 Å². The molecule has 0 spiro atoms. The summed E-state index contributed by atoms with van der Waals surface area (Å²) in [6.07, 6.45) is 1.97. The molecule has 1 aliphatic heterocycles. The maximum Gasteiger partial charge on any atom is 0.310 e. The van der Waals surface area contributed by atoms with Gasteiger partial charge in [-0.2, -0.15) is 0 Å². The second kappa shape index (κ2) is 4.92. The van der Waals surface area contributed by atoms with Gasteiger partial charge in [-0.05, 0) is 31.4 Å². The standard InChI is InChI=1S/C13H15F2NO2/c1-8(13(17)18)9-6-10(14)11(15)7-12(9)16-4-2-3-5-16/h6-8H,2-5H2,1H3,(H,17,18). The number of anilines is 1. The number of benzene rings is 1. The summed E-state index contributed by atoms with van der Waals surface area (Å²) < 4.78 is 26.6. The van der Waals surface area contributed by atoms with Gasteiger partial charge in [0.15, 0.2) is 11.6 Å². The third-order valence-corrected chi connectivity index (χ3v) is 3.35. The molecule has 0 radical (unpaired) electrons. The van der Waals surface area contributed by atoms with Crippen LogP contribution in [0, 0.1) is 11.6 Å². The van der Waals surface area contributed by atoms with E-state index >= 15 is 0 Å². The maximum absolute atomic E-state index is 13.3. The highest BCUT2D eigenvalue weighted by molar-refractivity contribution is 5.78. The van der Waals surface area contributed by atoms with Crippen LogP contribution in [0.15, 0.2) is 12.1 Å². The predicted octanol–water partition coefficient (Wildman–Crippen LogP) is 2.75. The van der Waals surface area contributed by atoms with Crippen LogP contribution in [0.2, 0.25) is 0 Å². The van der Waals surface area contributed by atoms with Gasteiger partial charge in [-0.1, -0.05) is 0 Å². The molecule has 1 heterocycles. The summed E-state index contributed by atoms with van der Waals surface area (Å²) in [5, 5.41) is 9.03. The molecule has 1 N–H and O–H groups in total. The highest BCUT2D eigenvalue weighted by Crippen LogP contribution is 2.32. The van der Waals surface area contributed by atoms with E-state index in [1.54, 1.807) is 0 Å². The zero-order chi connectivity index (χ0) is 13.3. The Labute approximate surface area is 104 Å². The van der Waals surface area contributed by atoms with E-state index in [1.165, 1.54) is 6.92 Å². The number of carboxylic acids is 1. The number of hydrogen-bond acceptors (Lipinski definition) is 2. The van der Waals surface area contributed by atoms with E-state index in [-0.39, 0.29) is 0 Å². The van der Waals surface area contributed by atoms with Crippen molar-refractivity contribution in [3.05, 3.63) is 29.3 Å². The summed E-state index contributed by atoms with van der Waals surface area (Å²) in [6.45, 7) is 2.99. The first-order valence-corrected chi connectivity index (χ1v) is 5.97. The monoisotopic (exact) mass is 255 g/mol. The molecule has 18 heavy (non-hydrogen) atoms. The molecule has 1 aromatic carbocycles. The molecule has 0 aliphatic carbocycles. The molecule has 1 unspecified atom stereocenters. The lowest BCUT2D eigenvalue weighted by atomic mass is 9.98. The normalized spacial score (nSPS) is 16.9. The van der Waals surface area contributed by atoms with Crippen molar-refractivity contribution in [2.75, 3.05) is 18.0 Å². The molecule has 2 rings (SSSR count). The molecule has 1 aromatic rings. The fourth-order valence-electron chi connectivity index (χ4n) is 2.26. The van der Waals surface area contributed by atoms with Gasteiger partial charge in [0.1, 0.15) is 0 Å². The highest BCUT2D eigenvalue weighted by Gasteiger charge is 2.24. The Morgan fingerprint density at radius 2 is 1.83 bits per heavy atom. The SMILES string of the molecule is CC(C(=O)O)c1cc(F)c(F)cc1N1CCCC1. The lowest BCUT2D eigenvalue weighted by Gasteiger charge is -2.23. The highest BCUT2D eigenvalue weighted by atomic mass is 19.2. The summed E-state index contributed by atoms with van der Waals surface area (Å²) in [5.74, 6) is -3.82. The van der Waals surface area contributed by atoms with E-state index in [1.807, 2.05) is 4.90 Å².